The molecule has 0 spiro atoms. The maximum absolute atomic E-state index is 5.94. The molecular weight excluding hydrogens is 216 g/mol. The summed E-state index contributed by atoms with van der Waals surface area (Å²) in [5, 5.41) is 0. The van der Waals surface area contributed by atoms with Gasteiger partial charge < -0.3 is 15.4 Å². The van der Waals surface area contributed by atoms with E-state index < -0.39 is 0 Å². The number of aromatic nitrogens is 2. The summed E-state index contributed by atoms with van der Waals surface area (Å²) in [4.78, 5) is 11.0. The lowest BCUT2D eigenvalue weighted by atomic mass is 10.1. The molecule has 2 rings (SSSR count). The van der Waals surface area contributed by atoms with Gasteiger partial charge in [-0.25, -0.2) is 9.97 Å². The van der Waals surface area contributed by atoms with E-state index in [1.54, 1.807) is 0 Å². The van der Waals surface area contributed by atoms with Crippen molar-refractivity contribution in [2.24, 2.45) is 5.73 Å². The third-order valence-electron chi connectivity index (χ3n) is 2.99. The Labute approximate surface area is 102 Å². The summed E-state index contributed by atoms with van der Waals surface area (Å²) >= 11 is 0. The minimum Gasteiger partial charge on any atom is -0.378 e. The third kappa shape index (κ3) is 3.38. The number of ether oxygens (including phenoxy) is 1. The SMILES string of the molecule is CCC(N)Cc1ccnc(N2CCOCC2)n1. The van der Waals surface area contributed by atoms with Crippen molar-refractivity contribution in [2.75, 3.05) is 31.2 Å². The molecule has 0 bridgehead atoms. The molecule has 5 heteroatoms. The Bertz CT molecular complexity index is 352. The van der Waals surface area contributed by atoms with E-state index in [4.69, 9.17) is 10.5 Å². The van der Waals surface area contributed by atoms with Gasteiger partial charge in [0.15, 0.2) is 0 Å². The zero-order chi connectivity index (χ0) is 12.1. The van der Waals surface area contributed by atoms with E-state index in [9.17, 15) is 0 Å². The molecule has 0 aliphatic carbocycles. The smallest absolute Gasteiger partial charge is 0.225 e. The Morgan fingerprint density at radius 2 is 2.24 bits per heavy atom. The predicted octanol–water partition coefficient (Wildman–Crippen LogP) is 0.593. The lowest BCUT2D eigenvalue weighted by Gasteiger charge is -2.26. The van der Waals surface area contributed by atoms with Gasteiger partial charge >= 0.3 is 0 Å². The highest BCUT2D eigenvalue weighted by molar-refractivity contribution is 5.30. The maximum Gasteiger partial charge on any atom is 0.225 e. The molecule has 1 aromatic rings. The highest BCUT2D eigenvalue weighted by Crippen LogP contribution is 2.11. The topological polar surface area (TPSA) is 64.3 Å². The number of nitrogens with zero attached hydrogens (tertiary/aromatic N) is 3. The number of hydrogen-bond acceptors (Lipinski definition) is 5. The molecule has 1 unspecified atom stereocenters. The van der Waals surface area contributed by atoms with Gasteiger partial charge in [-0.1, -0.05) is 6.92 Å². The van der Waals surface area contributed by atoms with Crippen LogP contribution < -0.4 is 10.6 Å². The van der Waals surface area contributed by atoms with Crippen molar-refractivity contribution >= 4 is 5.95 Å². The van der Waals surface area contributed by atoms with Gasteiger partial charge in [0.2, 0.25) is 5.95 Å². The number of morpholine rings is 1. The molecule has 5 nitrogen and oxygen atoms in total. The van der Waals surface area contributed by atoms with Crippen LogP contribution in [-0.2, 0) is 11.2 Å². The minimum absolute atomic E-state index is 0.183. The molecule has 1 aliphatic rings. The fraction of sp³-hybridized carbons (Fsp3) is 0.667. The van der Waals surface area contributed by atoms with Crippen molar-refractivity contribution in [1.29, 1.82) is 0 Å². The van der Waals surface area contributed by atoms with Crippen LogP contribution in [0.1, 0.15) is 19.0 Å². The Balaban J connectivity index is 2.05. The van der Waals surface area contributed by atoms with E-state index >= 15 is 0 Å². The normalized spacial score (nSPS) is 18.1. The summed E-state index contributed by atoms with van der Waals surface area (Å²) in [5.41, 5.74) is 6.96. The van der Waals surface area contributed by atoms with Gasteiger partial charge in [-0.3, -0.25) is 0 Å². The standard InChI is InChI=1S/C12H20N4O/c1-2-10(13)9-11-3-4-14-12(15-11)16-5-7-17-8-6-16/h3-4,10H,2,5-9,13H2,1H3. The molecule has 1 aromatic heterocycles. The highest BCUT2D eigenvalue weighted by atomic mass is 16.5. The summed E-state index contributed by atoms with van der Waals surface area (Å²) in [6, 6.07) is 2.13. The van der Waals surface area contributed by atoms with Crippen molar-refractivity contribution in [2.45, 2.75) is 25.8 Å². The van der Waals surface area contributed by atoms with Gasteiger partial charge in [0, 0.05) is 37.4 Å². The van der Waals surface area contributed by atoms with Crippen molar-refractivity contribution in [3.8, 4) is 0 Å². The Kier molecular flexibility index (Phi) is 4.28. The van der Waals surface area contributed by atoms with Gasteiger partial charge in [0.25, 0.3) is 0 Å². The van der Waals surface area contributed by atoms with Crippen LogP contribution in [0.5, 0.6) is 0 Å². The summed E-state index contributed by atoms with van der Waals surface area (Å²) in [6.07, 6.45) is 3.60. The van der Waals surface area contributed by atoms with Crippen LogP contribution in [0.2, 0.25) is 0 Å². The third-order valence-corrected chi connectivity index (χ3v) is 2.99. The van der Waals surface area contributed by atoms with Crippen LogP contribution in [0.25, 0.3) is 0 Å². The Morgan fingerprint density at radius 3 is 2.94 bits per heavy atom. The van der Waals surface area contributed by atoms with Crippen molar-refractivity contribution in [3.05, 3.63) is 18.0 Å². The molecular formula is C12H20N4O. The maximum atomic E-state index is 5.94. The Morgan fingerprint density at radius 1 is 1.47 bits per heavy atom. The fourth-order valence-electron chi connectivity index (χ4n) is 1.83. The van der Waals surface area contributed by atoms with Gasteiger partial charge in [-0.05, 0) is 12.5 Å². The number of anilines is 1. The molecule has 2 heterocycles. The van der Waals surface area contributed by atoms with E-state index in [2.05, 4.69) is 21.8 Å². The summed E-state index contributed by atoms with van der Waals surface area (Å²) in [7, 11) is 0. The van der Waals surface area contributed by atoms with E-state index in [-0.39, 0.29) is 6.04 Å². The molecule has 94 valence electrons. The van der Waals surface area contributed by atoms with E-state index in [1.165, 1.54) is 0 Å². The zero-order valence-corrected chi connectivity index (χ0v) is 10.3. The first kappa shape index (κ1) is 12.3. The summed E-state index contributed by atoms with van der Waals surface area (Å²) < 4.78 is 5.32. The number of hydrogen-bond donors (Lipinski definition) is 1. The molecule has 1 saturated heterocycles. The van der Waals surface area contributed by atoms with Crippen molar-refractivity contribution in [1.82, 2.24) is 9.97 Å². The largest absolute Gasteiger partial charge is 0.378 e. The van der Waals surface area contributed by atoms with Crippen molar-refractivity contribution in [3.63, 3.8) is 0 Å². The first-order chi connectivity index (χ1) is 8.29. The van der Waals surface area contributed by atoms with Gasteiger partial charge in [-0.15, -0.1) is 0 Å². The molecule has 0 amide bonds. The molecule has 1 fully saturated rings. The second-order valence-corrected chi connectivity index (χ2v) is 4.32. The lowest BCUT2D eigenvalue weighted by molar-refractivity contribution is 0.122. The summed E-state index contributed by atoms with van der Waals surface area (Å²) in [6.45, 7) is 5.32. The average Bonchev–Trinajstić information content (AvgIpc) is 2.40. The molecule has 17 heavy (non-hydrogen) atoms. The van der Waals surface area contributed by atoms with Crippen LogP contribution in [0, 0.1) is 0 Å². The predicted molar refractivity (Wildman–Crippen MR) is 67.0 cm³/mol. The molecule has 1 atom stereocenters. The lowest BCUT2D eigenvalue weighted by Crippen LogP contribution is -2.37. The first-order valence-corrected chi connectivity index (χ1v) is 6.19. The van der Waals surface area contributed by atoms with E-state index in [0.717, 1.165) is 50.8 Å². The molecule has 1 aliphatic heterocycles. The van der Waals surface area contributed by atoms with Crippen LogP contribution in [0.3, 0.4) is 0 Å². The van der Waals surface area contributed by atoms with Gasteiger partial charge in [0.1, 0.15) is 0 Å². The molecule has 0 radical (unpaired) electrons. The highest BCUT2D eigenvalue weighted by Gasteiger charge is 2.14. The second-order valence-electron chi connectivity index (χ2n) is 4.32. The number of nitrogens with two attached hydrogens (primary N) is 1. The van der Waals surface area contributed by atoms with Crippen molar-refractivity contribution < 1.29 is 4.74 Å². The van der Waals surface area contributed by atoms with Gasteiger partial charge in [0.05, 0.1) is 13.2 Å². The van der Waals surface area contributed by atoms with Crippen LogP contribution >= 0.6 is 0 Å². The van der Waals surface area contributed by atoms with E-state index in [1.807, 2.05) is 12.3 Å². The Hall–Kier alpha value is -1.20. The molecule has 0 saturated carbocycles. The van der Waals surface area contributed by atoms with Crippen LogP contribution in [0.4, 0.5) is 5.95 Å². The monoisotopic (exact) mass is 236 g/mol. The van der Waals surface area contributed by atoms with Crippen LogP contribution in [-0.4, -0.2) is 42.3 Å². The zero-order valence-electron chi connectivity index (χ0n) is 10.3. The summed E-state index contributed by atoms with van der Waals surface area (Å²) in [5.74, 6) is 0.800. The molecule has 0 aromatic carbocycles. The second kappa shape index (κ2) is 5.93. The molecule has 2 N–H and O–H groups in total. The number of rotatable bonds is 4. The first-order valence-electron chi connectivity index (χ1n) is 6.19. The quantitative estimate of drug-likeness (QED) is 0.829. The minimum atomic E-state index is 0.183. The average molecular weight is 236 g/mol. The fourth-order valence-corrected chi connectivity index (χ4v) is 1.83. The van der Waals surface area contributed by atoms with E-state index in [0.29, 0.717) is 0 Å². The van der Waals surface area contributed by atoms with Gasteiger partial charge in [-0.2, -0.15) is 0 Å². The van der Waals surface area contributed by atoms with Crippen LogP contribution in [0.15, 0.2) is 12.3 Å².